The van der Waals surface area contributed by atoms with Crippen LogP contribution in [0.4, 0.5) is 0 Å². The zero-order valence-electron chi connectivity index (χ0n) is 14.7. The number of halogens is 1. The number of carbonyl (C=O) groups is 1. The quantitative estimate of drug-likeness (QED) is 0.631. The molecule has 0 saturated heterocycles. The normalized spacial score (nSPS) is 10.8. The van der Waals surface area contributed by atoms with Gasteiger partial charge in [0, 0.05) is 11.6 Å². The molecule has 2 aromatic rings. The first kappa shape index (κ1) is 18.8. The molecule has 25 heavy (non-hydrogen) atoms. The molecule has 0 heterocycles. The summed E-state index contributed by atoms with van der Waals surface area (Å²) in [5.41, 5.74) is 6.36. The molecule has 5 nitrogen and oxygen atoms in total. The van der Waals surface area contributed by atoms with Crippen LogP contribution in [-0.2, 0) is 11.2 Å². The number of nitrogens with one attached hydrogen (secondary N) is 1. The van der Waals surface area contributed by atoms with E-state index in [-0.39, 0.29) is 12.3 Å². The summed E-state index contributed by atoms with van der Waals surface area (Å²) in [6.07, 6.45) is 1.74. The van der Waals surface area contributed by atoms with E-state index in [1.165, 1.54) is 18.9 Å². The second kappa shape index (κ2) is 8.53. The van der Waals surface area contributed by atoms with Gasteiger partial charge in [0.1, 0.15) is 0 Å². The summed E-state index contributed by atoms with van der Waals surface area (Å²) in [5, 5.41) is 4.42. The van der Waals surface area contributed by atoms with Gasteiger partial charge in [-0.05, 0) is 31.0 Å². The molecule has 0 aromatic heterocycles. The lowest BCUT2D eigenvalue weighted by atomic mass is 10.0. The Hall–Kier alpha value is -2.53. The zero-order valence-corrected chi connectivity index (χ0v) is 15.5. The molecule has 0 aliphatic carbocycles. The van der Waals surface area contributed by atoms with Crippen LogP contribution in [0.5, 0.6) is 11.5 Å². The summed E-state index contributed by atoms with van der Waals surface area (Å²) >= 11 is 6.18. The van der Waals surface area contributed by atoms with Gasteiger partial charge in [0.05, 0.1) is 31.9 Å². The van der Waals surface area contributed by atoms with E-state index in [0.717, 1.165) is 11.1 Å². The highest BCUT2D eigenvalue weighted by atomic mass is 35.5. The van der Waals surface area contributed by atoms with Crippen LogP contribution in [0.25, 0.3) is 0 Å². The third-order valence-electron chi connectivity index (χ3n) is 3.74. The highest BCUT2D eigenvalue weighted by Crippen LogP contribution is 2.32. The van der Waals surface area contributed by atoms with Gasteiger partial charge in [-0.15, -0.1) is 0 Å². The van der Waals surface area contributed by atoms with Gasteiger partial charge in [0.2, 0.25) is 5.91 Å². The molecule has 1 amide bonds. The van der Waals surface area contributed by atoms with Crippen molar-refractivity contribution in [3.05, 3.63) is 57.6 Å². The van der Waals surface area contributed by atoms with Crippen molar-refractivity contribution in [2.24, 2.45) is 5.10 Å². The van der Waals surface area contributed by atoms with Gasteiger partial charge in [-0.2, -0.15) is 5.10 Å². The predicted octanol–water partition coefficient (Wildman–Crippen LogP) is 3.67. The Morgan fingerprint density at radius 2 is 1.84 bits per heavy atom. The Morgan fingerprint density at radius 3 is 2.48 bits per heavy atom. The number of rotatable bonds is 6. The van der Waals surface area contributed by atoms with Gasteiger partial charge in [-0.25, -0.2) is 5.43 Å². The molecule has 0 saturated carbocycles. The number of hydrogen-bond acceptors (Lipinski definition) is 4. The van der Waals surface area contributed by atoms with Gasteiger partial charge in [-0.3, -0.25) is 4.79 Å². The van der Waals surface area contributed by atoms with Gasteiger partial charge >= 0.3 is 0 Å². The molecule has 0 atom stereocenters. The van der Waals surface area contributed by atoms with E-state index in [1.807, 2.05) is 26.0 Å². The topological polar surface area (TPSA) is 59.9 Å². The van der Waals surface area contributed by atoms with Crippen molar-refractivity contribution in [1.29, 1.82) is 0 Å². The number of nitrogens with zero attached hydrogens (tertiary/aromatic N) is 1. The zero-order chi connectivity index (χ0) is 18.4. The number of hydrogen-bond donors (Lipinski definition) is 1. The molecule has 6 heteroatoms. The molecule has 2 aromatic carbocycles. The molecule has 0 bridgehead atoms. The van der Waals surface area contributed by atoms with Crippen LogP contribution in [-0.4, -0.2) is 26.3 Å². The molecule has 0 unspecified atom stereocenters. The van der Waals surface area contributed by atoms with Crippen LogP contribution < -0.4 is 14.9 Å². The molecule has 0 spiro atoms. The Bertz CT molecular complexity index is 803. The fourth-order valence-corrected chi connectivity index (χ4v) is 2.60. The summed E-state index contributed by atoms with van der Waals surface area (Å²) in [6.45, 7) is 4.01. The molecule has 0 fully saturated rings. The molecule has 0 aliphatic heterocycles. The number of ether oxygens (including phenoxy) is 2. The molecule has 0 radical (unpaired) electrons. The lowest BCUT2D eigenvalue weighted by Gasteiger charge is -2.09. The SMILES string of the molecule is COc1cc(Cl)c(/C=N/NC(=O)Cc2ccc(C)cc2C)cc1OC. The Labute approximate surface area is 152 Å². The van der Waals surface area contributed by atoms with Crippen molar-refractivity contribution in [2.75, 3.05) is 14.2 Å². The van der Waals surface area contributed by atoms with Crippen LogP contribution >= 0.6 is 11.6 Å². The summed E-state index contributed by atoms with van der Waals surface area (Å²) in [5.74, 6) is 0.873. The number of methoxy groups -OCH3 is 2. The number of benzene rings is 2. The second-order valence-electron chi connectivity index (χ2n) is 5.63. The number of aryl methyl sites for hydroxylation is 2. The van der Waals surface area contributed by atoms with Gasteiger partial charge < -0.3 is 9.47 Å². The fraction of sp³-hybridized carbons (Fsp3) is 0.263. The lowest BCUT2D eigenvalue weighted by Crippen LogP contribution is -2.20. The summed E-state index contributed by atoms with van der Waals surface area (Å²) < 4.78 is 10.4. The van der Waals surface area contributed by atoms with Crippen LogP contribution in [0, 0.1) is 13.8 Å². The van der Waals surface area contributed by atoms with Gasteiger partial charge in [-0.1, -0.05) is 35.4 Å². The van der Waals surface area contributed by atoms with Gasteiger partial charge in [0.25, 0.3) is 0 Å². The maximum absolute atomic E-state index is 12.0. The third kappa shape index (κ3) is 4.97. The van der Waals surface area contributed by atoms with Gasteiger partial charge in [0.15, 0.2) is 11.5 Å². The van der Waals surface area contributed by atoms with E-state index in [9.17, 15) is 4.79 Å². The summed E-state index contributed by atoms with van der Waals surface area (Å²) in [6, 6.07) is 9.33. The number of amides is 1. The van der Waals surface area contributed by atoms with Crippen LogP contribution in [0.2, 0.25) is 5.02 Å². The van der Waals surface area contributed by atoms with Crippen molar-refractivity contribution >= 4 is 23.7 Å². The van der Waals surface area contributed by atoms with E-state index in [4.69, 9.17) is 21.1 Å². The molecule has 2 rings (SSSR count). The Kier molecular flexibility index (Phi) is 6.42. The Morgan fingerprint density at radius 1 is 1.16 bits per heavy atom. The number of hydrazone groups is 1. The highest BCUT2D eigenvalue weighted by Gasteiger charge is 2.09. The maximum atomic E-state index is 12.0. The lowest BCUT2D eigenvalue weighted by molar-refractivity contribution is -0.120. The predicted molar refractivity (Wildman–Crippen MR) is 99.9 cm³/mol. The smallest absolute Gasteiger partial charge is 0.244 e. The maximum Gasteiger partial charge on any atom is 0.244 e. The first-order valence-corrected chi connectivity index (χ1v) is 8.12. The van der Waals surface area contributed by atoms with Crippen LogP contribution in [0.1, 0.15) is 22.3 Å². The molecular weight excluding hydrogens is 340 g/mol. The van der Waals surface area contributed by atoms with Crippen molar-refractivity contribution in [1.82, 2.24) is 5.43 Å². The fourth-order valence-electron chi connectivity index (χ4n) is 2.40. The van der Waals surface area contributed by atoms with E-state index < -0.39 is 0 Å². The third-order valence-corrected chi connectivity index (χ3v) is 4.07. The van der Waals surface area contributed by atoms with E-state index >= 15 is 0 Å². The largest absolute Gasteiger partial charge is 0.493 e. The van der Waals surface area contributed by atoms with Crippen LogP contribution in [0.3, 0.4) is 0 Å². The monoisotopic (exact) mass is 360 g/mol. The standard InChI is InChI=1S/C19H21ClN2O3/c1-12-5-6-14(13(2)7-12)9-19(23)22-21-11-15-8-17(24-3)18(25-4)10-16(15)20/h5-8,10-11H,9H2,1-4H3,(H,22,23)/b21-11+. The number of carbonyl (C=O) groups excluding carboxylic acids is 1. The van der Waals surface area contributed by atoms with Crippen molar-refractivity contribution < 1.29 is 14.3 Å². The van der Waals surface area contributed by atoms with Crippen molar-refractivity contribution in [2.45, 2.75) is 20.3 Å². The molecule has 0 aliphatic rings. The summed E-state index contributed by atoms with van der Waals surface area (Å²) in [4.78, 5) is 12.0. The minimum Gasteiger partial charge on any atom is -0.493 e. The molecule has 132 valence electrons. The van der Waals surface area contributed by atoms with E-state index in [0.29, 0.717) is 22.1 Å². The van der Waals surface area contributed by atoms with Crippen molar-refractivity contribution in [3.8, 4) is 11.5 Å². The average Bonchev–Trinajstić information content (AvgIpc) is 2.58. The highest BCUT2D eigenvalue weighted by molar-refractivity contribution is 6.33. The van der Waals surface area contributed by atoms with E-state index in [2.05, 4.69) is 16.6 Å². The first-order chi connectivity index (χ1) is 11.9. The minimum absolute atomic E-state index is 0.195. The minimum atomic E-state index is -0.195. The molecular formula is C19H21ClN2O3. The second-order valence-corrected chi connectivity index (χ2v) is 6.04. The van der Waals surface area contributed by atoms with Crippen LogP contribution in [0.15, 0.2) is 35.4 Å². The van der Waals surface area contributed by atoms with Crippen molar-refractivity contribution in [3.63, 3.8) is 0 Å². The Balaban J connectivity index is 2.04. The molecule has 1 N–H and O–H groups in total. The van der Waals surface area contributed by atoms with E-state index in [1.54, 1.807) is 19.2 Å². The summed E-state index contributed by atoms with van der Waals surface area (Å²) in [7, 11) is 3.08. The first-order valence-electron chi connectivity index (χ1n) is 7.74. The average molecular weight is 361 g/mol.